The highest BCUT2D eigenvalue weighted by molar-refractivity contribution is 7.88. The van der Waals surface area contributed by atoms with E-state index in [-0.39, 0.29) is 6.01 Å². The van der Waals surface area contributed by atoms with E-state index in [0.29, 0.717) is 18.9 Å². The van der Waals surface area contributed by atoms with E-state index in [9.17, 15) is 8.42 Å². The number of aromatic nitrogens is 3. The maximum Gasteiger partial charge on any atom is 0.313 e. The average molecular weight is 448 g/mol. The number of nitrogens with two attached hydrogens (primary N) is 1. The molecule has 0 fully saturated rings. The zero-order valence-corrected chi connectivity index (χ0v) is 17.8. The van der Waals surface area contributed by atoms with Crippen molar-refractivity contribution in [2.24, 2.45) is 0 Å². The van der Waals surface area contributed by atoms with Gasteiger partial charge >= 0.3 is 6.01 Å². The molecule has 0 bridgehead atoms. The van der Waals surface area contributed by atoms with Crippen molar-refractivity contribution in [2.45, 2.75) is 6.42 Å². The van der Waals surface area contributed by atoms with E-state index in [4.69, 9.17) is 15.1 Å². The third-order valence-corrected chi connectivity index (χ3v) is 6.74. The lowest BCUT2D eigenvalue weighted by atomic mass is 10.1. The molecule has 150 valence electrons. The summed E-state index contributed by atoms with van der Waals surface area (Å²) in [6.07, 6.45) is 1.80. The Morgan fingerprint density at radius 1 is 1.17 bits per heavy atom. The van der Waals surface area contributed by atoms with Crippen LogP contribution < -0.4 is 10.5 Å². The summed E-state index contributed by atoms with van der Waals surface area (Å²) < 4.78 is 30.1. The van der Waals surface area contributed by atoms with Gasteiger partial charge in [0.05, 0.1) is 16.8 Å². The van der Waals surface area contributed by atoms with E-state index in [1.54, 1.807) is 22.7 Å². The standard InChI is InChI=1S/C18H17N5O3S3/c1-29(24,25)20-8-7-13-5-6-15(28-13)14-10-27-17(21-14)12-4-2-3-11(9-12)16-22-23-18(19)26-16/h2-6,9-10,20H,7-8H2,1H3,(H2,19,23). The summed E-state index contributed by atoms with van der Waals surface area (Å²) >= 11 is 3.16. The Morgan fingerprint density at radius 2 is 2.00 bits per heavy atom. The predicted molar refractivity (Wildman–Crippen MR) is 115 cm³/mol. The number of anilines is 1. The van der Waals surface area contributed by atoms with Crippen LogP contribution in [-0.4, -0.2) is 36.4 Å². The predicted octanol–water partition coefficient (Wildman–Crippen LogP) is 3.26. The number of nitrogens with zero attached hydrogens (tertiary/aromatic N) is 3. The summed E-state index contributed by atoms with van der Waals surface area (Å²) in [7, 11) is -3.17. The van der Waals surface area contributed by atoms with Crippen molar-refractivity contribution in [3.05, 3.63) is 46.7 Å². The minimum Gasteiger partial charge on any atom is -0.404 e. The van der Waals surface area contributed by atoms with Gasteiger partial charge in [-0.25, -0.2) is 18.1 Å². The second kappa shape index (κ2) is 8.03. The fourth-order valence-corrected chi connectivity index (χ4v) is 5.00. The number of benzene rings is 1. The molecule has 4 rings (SSSR count). The number of sulfonamides is 1. The molecule has 11 heteroatoms. The van der Waals surface area contributed by atoms with Crippen LogP contribution in [-0.2, 0) is 16.4 Å². The molecule has 0 saturated heterocycles. The van der Waals surface area contributed by atoms with Crippen molar-refractivity contribution in [1.29, 1.82) is 0 Å². The molecular weight excluding hydrogens is 430 g/mol. The summed E-state index contributed by atoms with van der Waals surface area (Å²) in [5, 5.41) is 10.5. The van der Waals surface area contributed by atoms with Crippen molar-refractivity contribution in [3.63, 3.8) is 0 Å². The SMILES string of the molecule is CS(=O)(=O)NCCc1ccc(-c2csc(-c3cccc(-c4nnc(N)o4)c3)n2)s1. The summed E-state index contributed by atoms with van der Waals surface area (Å²) in [5.74, 6) is 0.367. The lowest BCUT2D eigenvalue weighted by molar-refractivity contribution is 0.587. The largest absolute Gasteiger partial charge is 0.404 e. The first-order chi connectivity index (χ1) is 13.9. The van der Waals surface area contributed by atoms with Gasteiger partial charge in [-0.05, 0) is 30.7 Å². The molecule has 0 aliphatic heterocycles. The van der Waals surface area contributed by atoms with Crippen molar-refractivity contribution in [3.8, 4) is 32.6 Å². The van der Waals surface area contributed by atoms with E-state index in [2.05, 4.69) is 14.9 Å². The second-order valence-corrected chi connectivity index (χ2v) is 10.1. The van der Waals surface area contributed by atoms with Gasteiger partial charge in [0.2, 0.25) is 15.9 Å². The Balaban J connectivity index is 1.50. The number of rotatable bonds is 7. The highest BCUT2D eigenvalue weighted by Crippen LogP contribution is 2.34. The molecule has 0 amide bonds. The lowest BCUT2D eigenvalue weighted by Gasteiger charge is -1.99. The van der Waals surface area contributed by atoms with Gasteiger partial charge in [0.1, 0.15) is 5.01 Å². The van der Waals surface area contributed by atoms with E-state index in [1.165, 1.54) is 0 Å². The molecule has 0 saturated carbocycles. The smallest absolute Gasteiger partial charge is 0.313 e. The van der Waals surface area contributed by atoms with Crippen molar-refractivity contribution in [1.82, 2.24) is 19.9 Å². The van der Waals surface area contributed by atoms with Crippen LogP contribution in [0.2, 0.25) is 0 Å². The third kappa shape index (κ3) is 4.88. The Hall–Kier alpha value is -2.60. The fourth-order valence-electron chi connectivity index (χ4n) is 2.67. The van der Waals surface area contributed by atoms with Gasteiger partial charge in [-0.15, -0.1) is 27.8 Å². The first kappa shape index (κ1) is 19.7. The average Bonchev–Trinajstić information content (AvgIpc) is 3.41. The van der Waals surface area contributed by atoms with Crippen LogP contribution in [0.3, 0.4) is 0 Å². The number of thiophene rings is 1. The Kier molecular flexibility index (Phi) is 5.46. The van der Waals surface area contributed by atoms with Gasteiger partial charge in [-0.2, -0.15) is 0 Å². The van der Waals surface area contributed by atoms with Gasteiger partial charge in [0.15, 0.2) is 0 Å². The molecule has 0 aliphatic rings. The number of nitrogens with one attached hydrogen (secondary N) is 1. The topological polar surface area (TPSA) is 124 Å². The van der Waals surface area contributed by atoms with Gasteiger partial charge in [-0.1, -0.05) is 17.2 Å². The van der Waals surface area contributed by atoms with Crippen LogP contribution >= 0.6 is 22.7 Å². The molecule has 0 radical (unpaired) electrons. The van der Waals surface area contributed by atoms with Crippen LogP contribution in [0.15, 0.2) is 46.2 Å². The molecule has 3 N–H and O–H groups in total. The molecule has 3 heterocycles. The highest BCUT2D eigenvalue weighted by atomic mass is 32.2. The number of hydrogen-bond donors (Lipinski definition) is 2. The minimum atomic E-state index is -3.17. The monoisotopic (exact) mass is 447 g/mol. The molecule has 0 aliphatic carbocycles. The molecule has 1 aromatic carbocycles. The Labute approximate surface area is 175 Å². The lowest BCUT2D eigenvalue weighted by Crippen LogP contribution is -2.23. The number of hydrogen-bond acceptors (Lipinski definition) is 9. The van der Waals surface area contributed by atoms with Crippen LogP contribution in [0.4, 0.5) is 6.01 Å². The Bertz CT molecular complexity index is 1240. The zero-order valence-electron chi connectivity index (χ0n) is 15.3. The van der Waals surface area contributed by atoms with Crippen molar-refractivity contribution < 1.29 is 12.8 Å². The van der Waals surface area contributed by atoms with Gasteiger partial charge in [-0.3, -0.25) is 0 Å². The molecule has 3 aromatic heterocycles. The van der Waals surface area contributed by atoms with Gasteiger partial charge < -0.3 is 10.2 Å². The molecule has 0 atom stereocenters. The molecule has 8 nitrogen and oxygen atoms in total. The molecule has 0 unspecified atom stereocenters. The van der Waals surface area contributed by atoms with Crippen molar-refractivity contribution in [2.75, 3.05) is 18.5 Å². The summed E-state index contributed by atoms with van der Waals surface area (Å²) in [6.45, 7) is 0.383. The molecular formula is C18H17N5O3S3. The molecule has 29 heavy (non-hydrogen) atoms. The Morgan fingerprint density at radius 3 is 2.76 bits per heavy atom. The fraction of sp³-hybridized carbons (Fsp3) is 0.167. The molecule has 4 aromatic rings. The minimum absolute atomic E-state index is 0.0298. The number of nitrogen functional groups attached to an aromatic ring is 1. The van der Waals surface area contributed by atoms with Crippen LogP contribution in [0.25, 0.3) is 32.6 Å². The first-order valence-corrected chi connectivity index (χ1v) is 12.2. The van der Waals surface area contributed by atoms with Gasteiger partial charge in [0, 0.05) is 27.9 Å². The van der Waals surface area contributed by atoms with Crippen molar-refractivity contribution >= 4 is 38.7 Å². The van der Waals surface area contributed by atoms with E-state index >= 15 is 0 Å². The normalized spacial score (nSPS) is 11.8. The molecule has 0 spiro atoms. The number of thiazole rings is 1. The van der Waals surface area contributed by atoms with Crippen LogP contribution in [0, 0.1) is 0 Å². The van der Waals surface area contributed by atoms with Crippen LogP contribution in [0.5, 0.6) is 0 Å². The van der Waals surface area contributed by atoms with E-state index in [1.807, 2.05) is 41.8 Å². The maximum atomic E-state index is 11.2. The van der Waals surface area contributed by atoms with Gasteiger partial charge in [0.25, 0.3) is 0 Å². The van der Waals surface area contributed by atoms with Crippen LogP contribution in [0.1, 0.15) is 4.88 Å². The highest BCUT2D eigenvalue weighted by Gasteiger charge is 2.12. The first-order valence-electron chi connectivity index (χ1n) is 8.56. The maximum absolute atomic E-state index is 11.2. The van der Waals surface area contributed by atoms with E-state index < -0.39 is 10.0 Å². The zero-order chi connectivity index (χ0) is 20.4. The summed E-state index contributed by atoms with van der Waals surface area (Å²) in [5.41, 5.74) is 8.12. The quantitative estimate of drug-likeness (QED) is 0.445. The summed E-state index contributed by atoms with van der Waals surface area (Å²) in [4.78, 5) is 6.89. The second-order valence-electron chi connectivity index (χ2n) is 6.25. The summed E-state index contributed by atoms with van der Waals surface area (Å²) in [6, 6.07) is 11.7. The van der Waals surface area contributed by atoms with E-state index in [0.717, 1.165) is 37.8 Å². The third-order valence-electron chi connectivity index (χ3n) is 3.95.